The number of nitrogens with zero attached hydrogens (tertiary/aromatic N) is 2. The van der Waals surface area contributed by atoms with Crippen LogP contribution in [0.1, 0.15) is 48.3 Å². The Morgan fingerprint density at radius 3 is 2.55 bits per heavy atom. The van der Waals surface area contributed by atoms with Crippen LogP contribution >= 0.6 is 23.6 Å². The highest BCUT2D eigenvalue weighted by molar-refractivity contribution is 7.80. The van der Waals surface area contributed by atoms with E-state index in [9.17, 15) is 0 Å². The quantitative estimate of drug-likeness (QED) is 0.540. The van der Waals surface area contributed by atoms with Crippen molar-refractivity contribution in [3.8, 4) is 5.75 Å². The highest BCUT2D eigenvalue weighted by atomic mass is 32.1. The van der Waals surface area contributed by atoms with Gasteiger partial charge in [-0.3, -0.25) is 4.98 Å². The maximum Gasteiger partial charge on any atom is 0.174 e. The molecule has 6 heteroatoms. The fourth-order valence-electron chi connectivity index (χ4n) is 4.27. The van der Waals surface area contributed by atoms with E-state index in [4.69, 9.17) is 17.0 Å². The second-order valence-electron chi connectivity index (χ2n) is 7.53. The Balaban J connectivity index is 1.45. The molecule has 1 N–H and O–H groups in total. The van der Waals surface area contributed by atoms with Crippen LogP contribution in [0.2, 0.25) is 0 Å². The number of thiophene rings is 1. The summed E-state index contributed by atoms with van der Waals surface area (Å²) in [5.41, 5.74) is 2.06. The van der Waals surface area contributed by atoms with Crippen LogP contribution in [0.5, 0.6) is 5.75 Å². The third kappa shape index (κ3) is 3.74. The lowest BCUT2D eigenvalue weighted by atomic mass is 10.0. The van der Waals surface area contributed by atoms with Crippen molar-refractivity contribution >= 4 is 34.4 Å². The molecule has 29 heavy (non-hydrogen) atoms. The molecule has 3 heterocycles. The number of thiocarbonyl (C=S) groups is 1. The summed E-state index contributed by atoms with van der Waals surface area (Å²) in [5, 5.41) is 6.34. The maximum absolute atomic E-state index is 6.13. The summed E-state index contributed by atoms with van der Waals surface area (Å²) in [5.74, 6) is 0.938. The Morgan fingerprint density at radius 1 is 1.03 bits per heavy atom. The van der Waals surface area contributed by atoms with Gasteiger partial charge in [0, 0.05) is 16.8 Å². The van der Waals surface area contributed by atoms with E-state index in [1.165, 1.54) is 17.7 Å². The first-order chi connectivity index (χ1) is 14.3. The number of hydrogen-bond acceptors (Lipinski definition) is 4. The molecule has 1 aliphatic carbocycles. The normalized spacial score (nSPS) is 22.1. The molecule has 1 saturated heterocycles. The molecule has 1 saturated carbocycles. The monoisotopic (exact) mass is 421 g/mol. The third-order valence-electron chi connectivity index (χ3n) is 5.65. The number of pyridine rings is 1. The van der Waals surface area contributed by atoms with Crippen LogP contribution < -0.4 is 15.0 Å². The van der Waals surface area contributed by atoms with Crippen LogP contribution in [0.3, 0.4) is 0 Å². The highest BCUT2D eigenvalue weighted by Crippen LogP contribution is 2.43. The predicted octanol–water partition coefficient (Wildman–Crippen LogP) is 5.64. The number of anilines is 1. The molecule has 0 unspecified atom stereocenters. The number of hydrogen-bond donors (Lipinski definition) is 1. The third-order valence-corrected chi connectivity index (χ3v) is 6.91. The van der Waals surface area contributed by atoms with Gasteiger partial charge in [-0.25, -0.2) is 0 Å². The first-order valence-electron chi connectivity index (χ1n) is 10.1. The average Bonchev–Trinajstić information content (AvgIpc) is 3.50. The molecule has 148 valence electrons. The zero-order valence-corrected chi connectivity index (χ0v) is 17.7. The summed E-state index contributed by atoms with van der Waals surface area (Å²) < 4.78 is 6.13. The van der Waals surface area contributed by atoms with Crippen LogP contribution in [0.15, 0.2) is 66.2 Å². The van der Waals surface area contributed by atoms with E-state index in [2.05, 4.69) is 63.0 Å². The minimum atomic E-state index is 0.0109. The van der Waals surface area contributed by atoms with Gasteiger partial charge < -0.3 is 15.0 Å². The molecule has 0 radical (unpaired) electrons. The lowest BCUT2D eigenvalue weighted by molar-refractivity contribution is 0.210. The van der Waals surface area contributed by atoms with Crippen molar-refractivity contribution in [2.45, 2.75) is 43.9 Å². The minimum Gasteiger partial charge on any atom is -0.490 e. The van der Waals surface area contributed by atoms with Crippen molar-refractivity contribution in [2.24, 2.45) is 0 Å². The van der Waals surface area contributed by atoms with E-state index in [0.717, 1.165) is 35.1 Å². The maximum atomic E-state index is 6.13. The summed E-state index contributed by atoms with van der Waals surface area (Å²) in [7, 11) is 0. The van der Waals surface area contributed by atoms with Crippen molar-refractivity contribution in [1.82, 2.24) is 10.3 Å². The predicted molar refractivity (Wildman–Crippen MR) is 122 cm³/mol. The number of ether oxygens (including phenoxy) is 1. The topological polar surface area (TPSA) is 37.4 Å². The van der Waals surface area contributed by atoms with Crippen molar-refractivity contribution in [3.05, 3.63) is 76.7 Å². The molecule has 0 spiro atoms. The highest BCUT2D eigenvalue weighted by Gasteiger charge is 2.41. The Morgan fingerprint density at radius 2 is 1.86 bits per heavy atom. The smallest absolute Gasteiger partial charge is 0.174 e. The van der Waals surface area contributed by atoms with Gasteiger partial charge in [0.05, 0.1) is 23.9 Å². The second kappa shape index (κ2) is 8.13. The van der Waals surface area contributed by atoms with Gasteiger partial charge in [0.2, 0.25) is 0 Å². The molecule has 3 aromatic rings. The van der Waals surface area contributed by atoms with Crippen molar-refractivity contribution < 1.29 is 4.74 Å². The SMILES string of the molecule is S=C1N[C@H](c2ccccn2)[C@@H](c2cccs2)N1c1ccc(OC2CCCC2)cc1. The van der Waals surface area contributed by atoms with Crippen LogP contribution in [-0.2, 0) is 0 Å². The van der Waals surface area contributed by atoms with Gasteiger partial charge in [0.25, 0.3) is 0 Å². The van der Waals surface area contributed by atoms with E-state index >= 15 is 0 Å². The van der Waals surface area contributed by atoms with E-state index in [-0.39, 0.29) is 12.1 Å². The van der Waals surface area contributed by atoms with E-state index in [1.807, 2.05) is 18.3 Å². The van der Waals surface area contributed by atoms with Crippen LogP contribution in [0.4, 0.5) is 5.69 Å². The first-order valence-corrected chi connectivity index (χ1v) is 11.4. The molecule has 2 aromatic heterocycles. The standard InChI is InChI=1S/C23H23N3OS2/c28-23-25-21(19-8-3-4-14-24-19)22(20-9-5-15-29-20)26(23)16-10-12-18(13-11-16)27-17-6-1-2-7-17/h3-5,8-15,17,21-22H,1-2,6-7H2,(H,25,28)/t21-,22-/m1/s1. The first kappa shape index (κ1) is 18.6. The van der Waals surface area contributed by atoms with Crippen LogP contribution in [0.25, 0.3) is 0 Å². The molecule has 1 aromatic carbocycles. The summed E-state index contributed by atoms with van der Waals surface area (Å²) in [6.45, 7) is 0. The lowest BCUT2D eigenvalue weighted by Gasteiger charge is -2.27. The van der Waals surface area contributed by atoms with E-state index in [0.29, 0.717) is 6.10 Å². The zero-order valence-electron chi connectivity index (χ0n) is 16.0. The zero-order chi connectivity index (χ0) is 19.6. The second-order valence-corrected chi connectivity index (χ2v) is 8.90. The lowest BCUT2D eigenvalue weighted by Crippen LogP contribution is -2.29. The Hall–Kier alpha value is -2.44. The number of benzene rings is 1. The molecule has 1 aliphatic heterocycles. The molecular formula is C23H23N3OS2. The van der Waals surface area contributed by atoms with Gasteiger partial charge in [-0.15, -0.1) is 11.3 Å². The fourth-order valence-corrected chi connectivity index (χ4v) is 5.46. The number of nitrogens with one attached hydrogen (secondary N) is 1. The molecule has 0 bridgehead atoms. The fraction of sp³-hybridized carbons (Fsp3) is 0.304. The van der Waals surface area contributed by atoms with Gasteiger partial charge in [-0.05, 0) is 85.7 Å². The van der Waals surface area contributed by atoms with Crippen molar-refractivity contribution in [1.29, 1.82) is 0 Å². The summed E-state index contributed by atoms with van der Waals surface area (Å²) >= 11 is 7.51. The Kier molecular flexibility index (Phi) is 5.21. The van der Waals surface area contributed by atoms with Gasteiger partial charge in [-0.1, -0.05) is 12.1 Å². The molecule has 5 rings (SSSR count). The van der Waals surface area contributed by atoms with Crippen LogP contribution in [-0.4, -0.2) is 16.2 Å². The van der Waals surface area contributed by atoms with E-state index < -0.39 is 0 Å². The molecular weight excluding hydrogens is 398 g/mol. The van der Waals surface area contributed by atoms with Gasteiger partial charge in [0.15, 0.2) is 5.11 Å². The van der Waals surface area contributed by atoms with Crippen LogP contribution in [0, 0.1) is 0 Å². The van der Waals surface area contributed by atoms with Gasteiger partial charge in [0.1, 0.15) is 5.75 Å². The van der Waals surface area contributed by atoms with E-state index in [1.54, 1.807) is 11.3 Å². The summed E-state index contributed by atoms with van der Waals surface area (Å²) in [4.78, 5) is 8.06. The number of aromatic nitrogens is 1. The minimum absolute atomic E-state index is 0.0109. The Labute approximate surface area is 180 Å². The number of rotatable bonds is 5. The summed E-state index contributed by atoms with van der Waals surface area (Å²) in [6.07, 6.45) is 7.07. The van der Waals surface area contributed by atoms with Gasteiger partial charge >= 0.3 is 0 Å². The largest absolute Gasteiger partial charge is 0.490 e. The van der Waals surface area contributed by atoms with Crippen molar-refractivity contribution in [3.63, 3.8) is 0 Å². The van der Waals surface area contributed by atoms with Crippen molar-refractivity contribution in [2.75, 3.05) is 4.90 Å². The van der Waals surface area contributed by atoms with Gasteiger partial charge in [-0.2, -0.15) is 0 Å². The summed E-state index contributed by atoms with van der Waals surface area (Å²) in [6, 6.07) is 18.7. The molecule has 2 aliphatic rings. The molecule has 2 atom stereocenters. The molecule has 4 nitrogen and oxygen atoms in total. The average molecular weight is 422 g/mol. The Bertz CT molecular complexity index is 954. The molecule has 2 fully saturated rings. The molecule has 0 amide bonds.